The maximum Gasteiger partial charge on any atom is 0.0698 e. The second kappa shape index (κ2) is 5.17. The van der Waals surface area contributed by atoms with Gasteiger partial charge < -0.3 is 5.32 Å². The van der Waals surface area contributed by atoms with Crippen LogP contribution in [0.2, 0.25) is 5.02 Å². The van der Waals surface area contributed by atoms with E-state index in [2.05, 4.69) is 21.7 Å². The van der Waals surface area contributed by atoms with Crippen LogP contribution in [0, 0.1) is 13.8 Å². The van der Waals surface area contributed by atoms with Gasteiger partial charge in [0, 0.05) is 17.3 Å². The Morgan fingerprint density at radius 2 is 2.12 bits per heavy atom. The van der Waals surface area contributed by atoms with Crippen molar-refractivity contribution >= 4 is 22.9 Å². The van der Waals surface area contributed by atoms with E-state index < -0.39 is 0 Å². The molecule has 0 aliphatic heterocycles. The zero-order chi connectivity index (χ0) is 12.4. The highest BCUT2D eigenvalue weighted by molar-refractivity contribution is 7.10. The summed E-state index contributed by atoms with van der Waals surface area (Å²) in [4.78, 5) is 5.39. The molecule has 1 atom stereocenters. The quantitative estimate of drug-likeness (QED) is 0.916. The summed E-state index contributed by atoms with van der Waals surface area (Å²) in [5.74, 6) is 0. The third kappa shape index (κ3) is 2.51. The van der Waals surface area contributed by atoms with Crippen molar-refractivity contribution in [1.29, 1.82) is 0 Å². The van der Waals surface area contributed by atoms with E-state index >= 15 is 0 Å². The molecule has 1 N–H and O–H groups in total. The average molecular weight is 267 g/mol. The summed E-state index contributed by atoms with van der Waals surface area (Å²) >= 11 is 8.01. The van der Waals surface area contributed by atoms with E-state index in [-0.39, 0.29) is 6.04 Å². The molecule has 2 nitrogen and oxygen atoms in total. The second-order valence-electron chi connectivity index (χ2n) is 4.11. The Bertz CT molecular complexity index is 522. The first kappa shape index (κ1) is 12.6. The SMILES string of the molecule is CNC(c1cncc(C)c1)c1scc(C)c1Cl. The zero-order valence-electron chi connectivity index (χ0n) is 10.1. The van der Waals surface area contributed by atoms with E-state index in [1.54, 1.807) is 11.3 Å². The van der Waals surface area contributed by atoms with Crippen molar-refractivity contribution in [2.24, 2.45) is 0 Å². The van der Waals surface area contributed by atoms with E-state index in [4.69, 9.17) is 11.6 Å². The van der Waals surface area contributed by atoms with Gasteiger partial charge in [-0.05, 0) is 43.0 Å². The highest BCUT2D eigenvalue weighted by Gasteiger charge is 2.18. The highest BCUT2D eigenvalue weighted by Crippen LogP contribution is 2.35. The van der Waals surface area contributed by atoms with Crippen molar-refractivity contribution in [1.82, 2.24) is 10.3 Å². The summed E-state index contributed by atoms with van der Waals surface area (Å²) in [6.45, 7) is 4.08. The Morgan fingerprint density at radius 3 is 2.65 bits per heavy atom. The maximum atomic E-state index is 6.32. The molecule has 0 radical (unpaired) electrons. The van der Waals surface area contributed by atoms with Gasteiger partial charge in [-0.1, -0.05) is 17.7 Å². The summed E-state index contributed by atoms with van der Waals surface area (Å²) in [5.41, 5.74) is 3.44. The molecule has 0 aromatic carbocycles. The van der Waals surface area contributed by atoms with Gasteiger partial charge in [-0.15, -0.1) is 11.3 Å². The van der Waals surface area contributed by atoms with Gasteiger partial charge in [0.25, 0.3) is 0 Å². The van der Waals surface area contributed by atoms with Gasteiger partial charge in [-0.3, -0.25) is 4.98 Å². The number of aryl methyl sites for hydroxylation is 2. The maximum absolute atomic E-state index is 6.32. The monoisotopic (exact) mass is 266 g/mol. The van der Waals surface area contributed by atoms with Crippen LogP contribution in [-0.4, -0.2) is 12.0 Å². The minimum absolute atomic E-state index is 0.119. The van der Waals surface area contributed by atoms with Gasteiger partial charge in [-0.2, -0.15) is 0 Å². The highest BCUT2D eigenvalue weighted by atomic mass is 35.5. The minimum atomic E-state index is 0.119. The zero-order valence-corrected chi connectivity index (χ0v) is 11.7. The molecule has 2 rings (SSSR count). The molecule has 0 aliphatic rings. The molecule has 2 aromatic heterocycles. The molecule has 0 bridgehead atoms. The number of nitrogens with one attached hydrogen (secondary N) is 1. The number of nitrogens with zero attached hydrogens (tertiary/aromatic N) is 1. The largest absolute Gasteiger partial charge is 0.309 e. The van der Waals surface area contributed by atoms with Crippen molar-refractivity contribution in [2.45, 2.75) is 19.9 Å². The number of rotatable bonds is 3. The van der Waals surface area contributed by atoms with E-state index in [0.29, 0.717) is 0 Å². The Balaban J connectivity index is 2.44. The Kier molecular flexibility index (Phi) is 3.82. The third-order valence-corrected chi connectivity index (χ3v) is 4.48. The van der Waals surface area contributed by atoms with Crippen LogP contribution in [0.5, 0.6) is 0 Å². The summed E-state index contributed by atoms with van der Waals surface area (Å²) in [6.07, 6.45) is 3.75. The van der Waals surface area contributed by atoms with Gasteiger partial charge in [0.2, 0.25) is 0 Å². The number of halogens is 1. The van der Waals surface area contributed by atoms with Crippen LogP contribution < -0.4 is 5.32 Å². The average Bonchev–Trinajstić information content (AvgIpc) is 2.63. The fourth-order valence-corrected chi connectivity index (χ4v) is 3.27. The fraction of sp³-hybridized carbons (Fsp3) is 0.308. The lowest BCUT2D eigenvalue weighted by Gasteiger charge is -2.16. The molecule has 4 heteroatoms. The predicted octanol–water partition coefficient (Wildman–Crippen LogP) is 3.72. The molecule has 0 amide bonds. The topological polar surface area (TPSA) is 24.9 Å². The smallest absolute Gasteiger partial charge is 0.0698 e. The molecular formula is C13H15ClN2S. The molecular weight excluding hydrogens is 252 g/mol. The molecule has 1 unspecified atom stereocenters. The lowest BCUT2D eigenvalue weighted by Crippen LogP contribution is -2.17. The molecule has 2 aromatic rings. The molecule has 0 spiro atoms. The summed E-state index contributed by atoms with van der Waals surface area (Å²) in [7, 11) is 1.94. The lowest BCUT2D eigenvalue weighted by molar-refractivity contribution is 0.699. The first-order chi connectivity index (χ1) is 8.13. The van der Waals surface area contributed by atoms with E-state index in [1.165, 1.54) is 0 Å². The Labute approximate surface area is 111 Å². The van der Waals surface area contributed by atoms with Crippen LogP contribution in [0.3, 0.4) is 0 Å². The normalized spacial score (nSPS) is 12.7. The van der Waals surface area contributed by atoms with Gasteiger partial charge in [0.1, 0.15) is 0 Å². The van der Waals surface area contributed by atoms with Crippen LogP contribution in [0.1, 0.15) is 27.6 Å². The standard InChI is InChI=1S/C13H15ClN2S/c1-8-4-10(6-16-5-8)12(15-3)13-11(14)9(2)7-17-13/h4-7,12,15H,1-3H3. The number of hydrogen-bond donors (Lipinski definition) is 1. The minimum Gasteiger partial charge on any atom is -0.309 e. The van der Waals surface area contributed by atoms with Crippen molar-refractivity contribution < 1.29 is 0 Å². The van der Waals surface area contributed by atoms with Crippen LogP contribution in [0.15, 0.2) is 23.8 Å². The summed E-state index contributed by atoms with van der Waals surface area (Å²) in [5, 5.41) is 6.25. The fourth-order valence-electron chi connectivity index (χ4n) is 1.83. The molecule has 2 heterocycles. The van der Waals surface area contributed by atoms with E-state index in [0.717, 1.165) is 26.6 Å². The van der Waals surface area contributed by atoms with Gasteiger partial charge in [0.05, 0.1) is 11.1 Å². The number of hydrogen-bond acceptors (Lipinski definition) is 3. The van der Waals surface area contributed by atoms with Crippen molar-refractivity contribution in [2.75, 3.05) is 7.05 Å². The van der Waals surface area contributed by atoms with E-state index in [1.807, 2.05) is 33.3 Å². The van der Waals surface area contributed by atoms with Crippen LogP contribution >= 0.6 is 22.9 Å². The second-order valence-corrected chi connectivity index (χ2v) is 5.40. The van der Waals surface area contributed by atoms with Crippen molar-refractivity contribution in [3.8, 4) is 0 Å². The first-order valence-corrected chi connectivity index (χ1v) is 6.71. The summed E-state index contributed by atoms with van der Waals surface area (Å²) in [6, 6.07) is 2.26. The Morgan fingerprint density at radius 1 is 1.35 bits per heavy atom. The van der Waals surface area contributed by atoms with E-state index in [9.17, 15) is 0 Å². The predicted molar refractivity (Wildman–Crippen MR) is 73.9 cm³/mol. The molecule has 0 saturated carbocycles. The number of aromatic nitrogens is 1. The lowest BCUT2D eigenvalue weighted by atomic mass is 10.1. The van der Waals surface area contributed by atoms with Gasteiger partial charge in [-0.25, -0.2) is 0 Å². The molecule has 90 valence electrons. The van der Waals surface area contributed by atoms with Crippen molar-refractivity contribution in [3.63, 3.8) is 0 Å². The van der Waals surface area contributed by atoms with Crippen LogP contribution in [0.4, 0.5) is 0 Å². The number of pyridine rings is 1. The molecule has 17 heavy (non-hydrogen) atoms. The first-order valence-electron chi connectivity index (χ1n) is 5.45. The van der Waals surface area contributed by atoms with Crippen LogP contribution in [0.25, 0.3) is 0 Å². The van der Waals surface area contributed by atoms with Crippen molar-refractivity contribution in [3.05, 3.63) is 50.4 Å². The molecule has 0 aliphatic carbocycles. The molecule has 0 saturated heterocycles. The Hall–Kier alpha value is -0.900. The molecule has 0 fully saturated rings. The van der Waals surface area contributed by atoms with Gasteiger partial charge in [0.15, 0.2) is 0 Å². The number of thiophene rings is 1. The van der Waals surface area contributed by atoms with Crippen LogP contribution in [-0.2, 0) is 0 Å². The van der Waals surface area contributed by atoms with Gasteiger partial charge >= 0.3 is 0 Å². The summed E-state index contributed by atoms with van der Waals surface area (Å²) < 4.78 is 0. The third-order valence-electron chi connectivity index (χ3n) is 2.71.